The van der Waals surface area contributed by atoms with Crippen LogP contribution in [0.1, 0.15) is 44.4 Å². The van der Waals surface area contributed by atoms with Crippen molar-refractivity contribution in [2.45, 2.75) is 58.2 Å². The molecule has 0 aliphatic heterocycles. The van der Waals surface area contributed by atoms with Crippen LogP contribution in [0.5, 0.6) is 0 Å². The van der Waals surface area contributed by atoms with Gasteiger partial charge < -0.3 is 15.7 Å². The van der Waals surface area contributed by atoms with Crippen LogP contribution >= 0.6 is 0 Å². The maximum atomic E-state index is 13.5. The highest BCUT2D eigenvalue weighted by Crippen LogP contribution is 2.21. The second-order valence-electron chi connectivity index (χ2n) is 7.92. The molecule has 0 saturated heterocycles. The minimum absolute atomic E-state index is 0.114. The van der Waals surface area contributed by atoms with Crippen molar-refractivity contribution in [1.29, 1.82) is 0 Å². The van der Waals surface area contributed by atoms with Crippen molar-refractivity contribution in [3.05, 3.63) is 70.8 Å². The van der Waals surface area contributed by atoms with E-state index in [2.05, 4.69) is 29.7 Å². The maximum Gasteiger partial charge on any atom is 0.217 e. The summed E-state index contributed by atoms with van der Waals surface area (Å²) in [6.07, 6.45) is 0.100. The van der Waals surface area contributed by atoms with E-state index in [4.69, 9.17) is 0 Å². The first kappa shape index (κ1) is 23.0. The van der Waals surface area contributed by atoms with Crippen molar-refractivity contribution in [3.8, 4) is 0 Å². The van der Waals surface area contributed by atoms with Crippen LogP contribution in [0.3, 0.4) is 0 Å². The SMILES string of the molecule is CCc1cccc(C(C)(C)NCC(O)C(Cc2cc(F)cc(F)c2)NC(C)=O)c1. The van der Waals surface area contributed by atoms with Gasteiger partial charge in [-0.2, -0.15) is 0 Å². The molecule has 0 aromatic heterocycles. The van der Waals surface area contributed by atoms with Crippen LogP contribution in [-0.2, 0) is 23.2 Å². The van der Waals surface area contributed by atoms with Crippen LogP contribution in [-0.4, -0.2) is 29.7 Å². The number of benzene rings is 2. The first-order valence-corrected chi connectivity index (χ1v) is 9.85. The van der Waals surface area contributed by atoms with Gasteiger partial charge in [-0.1, -0.05) is 31.2 Å². The molecule has 0 spiro atoms. The Morgan fingerprint density at radius 2 is 1.76 bits per heavy atom. The van der Waals surface area contributed by atoms with Gasteiger partial charge in [-0.15, -0.1) is 0 Å². The smallest absolute Gasteiger partial charge is 0.217 e. The highest BCUT2D eigenvalue weighted by molar-refractivity contribution is 5.73. The fraction of sp³-hybridized carbons (Fsp3) is 0.435. The largest absolute Gasteiger partial charge is 0.390 e. The van der Waals surface area contributed by atoms with Crippen LogP contribution in [0, 0.1) is 11.6 Å². The fourth-order valence-electron chi connectivity index (χ4n) is 3.31. The van der Waals surface area contributed by atoms with E-state index in [-0.39, 0.29) is 18.9 Å². The first-order chi connectivity index (χ1) is 13.6. The van der Waals surface area contributed by atoms with Crippen LogP contribution < -0.4 is 10.6 Å². The van der Waals surface area contributed by atoms with E-state index in [1.807, 2.05) is 26.0 Å². The summed E-state index contributed by atoms with van der Waals surface area (Å²) in [5, 5.41) is 16.7. The monoisotopic (exact) mass is 404 g/mol. The van der Waals surface area contributed by atoms with E-state index in [1.165, 1.54) is 24.6 Å². The van der Waals surface area contributed by atoms with Crippen LogP contribution in [0.15, 0.2) is 42.5 Å². The Hall–Kier alpha value is -2.31. The predicted octanol–water partition coefficient (Wildman–Crippen LogP) is 3.46. The number of aryl methyl sites for hydroxylation is 1. The quantitative estimate of drug-likeness (QED) is 0.600. The van der Waals surface area contributed by atoms with Gasteiger partial charge in [-0.05, 0) is 55.5 Å². The Bertz CT molecular complexity index is 819. The summed E-state index contributed by atoms with van der Waals surface area (Å²) in [4.78, 5) is 11.6. The number of carbonyl (C=O) groups is 1. The van der Waals surface area contributed by atoms with Gasteiger partial charge in [0.2, 0.25) is 5.91 Å². The second kappa shape index (κ2) is 9.94. The highest BCUT2D eigenvalue weighted by atomic mass is 19.1. The summed E-state index contributed by atoms with van der Waals surface area (Å²) in [6, 6.07) is 10.8. The molecule has 158 valence electrons. The molecule has 3 N–H and O–H groups in total. The number of hydrogen-bond acceptors (Lipinski definition) is 3. The van der Waals surface area contributed by atoms with E-state index < -0.39 is 29.3 Å². The van der Waals surface area contributed by atoms with Crippen molar-refractivity contribution >= 4 is 5.91 Å². The van der Waals surface area contributed by atoms with Gasteiger partial charge in [0, 0.05) is 25.1 Å². The van der Waals surface area contributed by atoms with Gasteiger partial charge in [-0.3, -0.25) is 4.79 Å². The molecule has 0 aliphatic carbocycles. The molecule has 4 nitrogen and oxygen atoms in total. The highest BCUT2D eigenvalue weighted by Gasteiger charge is 2.26. The molecule has 0 heterocycles. The van der Waals surface area contributed by atoms with Gasteiger partial charge in [0.1, 0.15) is 11.6 Å². The molecule has 2 atom stereocenters. The number of rotatable bonds is 9. The van der Waals surface area contributed by atoms with E-state index >= 15 is 0 Å². The fourth-order valence-corrected chi connectivity index (χ4v) is 3.31. The van der Waals surface area contributed by atoms with E-state index in [1.54, 1.807) is 0 Å². The zero-order chi connectivity index (χ0) is 21.6. The van der Waals surface area contributed by atoms with Crippen molar-refractivity contribution in [1.82, 2.24) is 10.6 Å². The molecule has 6 heteroatoms. The van der Waals surface area contributed by atoms with Gasteiger partial charge in [0.05, 0.1) is 12.1 Å². The van der Waals surface area contributed by atoms with Crippen molar-refractivity contribution in [2.24, 2.45) is 0 Å². The van der Waals surface area contributed by atoms with E-state index in [0.29, 0.717) is 5.56 Å². The van der Waals surface area contributed by atoms with Crippen LogP contribution in [0.2, 0.25) is 0 Å². The third kappa shape index (κ3) is 6.91. The Labute approximate surface area is 171 Å². The zero-order valence-electron chi connectivity index (χ0n) is 17.4. The molecule has 1 amide bonds. The Balaban J connectivity index is 2.10. The third-order valence-corrected chi connectivity index (χ3v) is 5.04. The lowest BCUT2D eigenvalue weighted by atomic mass is 9.91. The number of aliphatic hydroxyl groups excluding tert-OH is 1. The molecule has 0 bridgehead atoms. The summed E-state index contributed by atoms with van der Waals surface area (Å²) in [5.41, 5.74) is 2.28. The van der Waals surface area contributed by atoms with Gasteiger partial charge in [0.25, 0.3) is 0 Å². The molecule has 0 saturated carbocycles. The average Bonchev–Trinajstić information content (AvgIpc) is 2.64. The van der Waals surface area contributed by atoms with Gasteiger partial charge in [0.15, 0.2) is 0 Å². The van der Waals surface area contributed by atoms with Gasteiger partial charge in [-0.25, -0.2) is 8.78 Å². The number of halogens is 2. The molecule has 0 aliphatic rings. The molecule has 0 fully saturated rings. The molecule has 0 radical (unpaired) electrons. The standard InChI is InChI=1S/C23H30F2N2O2/c1-5-16-7-6-8-18(9-16)23(3,4)26-14-22(29)21(27-15(2)28)12-17-10-19(24)13-20(25)11-17/h6-11,13,21-22,26,29H,5,12,14H2,1-4H3,(H,27,28). The summed E-state index contributed by atoms with van der Waals surface area (Å²) in [6.45, 7) is 7.68. The van der Waals surface area contributed by atoms with Gasteiger partial charge >= 0.3 is 0 Å². The minimum Gasteiger partial charge on any atom is -0.390 e. The molecule has 2 aromatic rings. The van der Waals surface area contributed by atoms with Crippen LogP contribution in [0.25, 0.3) is 0 Å². The topological polar surface area (TPSA) is 61.4 Å². The molecule has 2 aromatic carbocycles. The number of carbonyl (C=O) groups excluding carboxylic acids is 1. The number of amides is 1. The molecule has 2 unspecified atom stereocenters. The maximum absolute atomic E-state index is 13.5. The predicted molar refractivity (Wildman–Crippen MR) is 111 cm³/mol. The zero-order valence-corrected chi connectivity index (χ0v) is 17.4. The number of nitrogens with one attached hydrogen (secondary N) is 2. The first-order valence-electron chi connectivity index (χ1n) is 9.85. The minimum atomic E-state index is -0.945. The summed E-state index contributed by atoms with van der Waals surface area (Å²) >= 11 is 0. The Morgan fingerprint density at radius 1 is 1.10 bits per heavy atom. The summed E-state index contributed by atoms with van der Waals surface area (Å²) < 4.78 is 27.0. The molecule has 2 rings (SSSR count). The lowest BCUT2D eigenvalue weighted by Gasteiger charge is -2.31. The van der Waals surface area contributed by atoms with E-state index in [9.17, 15) is 18.7 Å². The lowest BCUT2D eigenvalue weighted by molar-refractivity contribution is -0.120. The lowest BCUT2D eigenvalue weighted by Crippen LogP contribution is -2.51. The summed E-state index contributed by atoms with van der Waals surface area (Å²) in [7, 11) is 0. The molecular formula is C23H30F2N2O2. The number of hydrogen-bond donors (Lipinski definition) is 3. The Kier molecular flexibility index (Phi) is 7.88. The average molecular weight is 405 g/mol. The third-order valence-electron chi connectivity index (χ3n) is 5.04. The number of aliphatic hydroxyl groups is 1. The summed E-state index contributed by atoms with van der Waals surface area (Å²) in [5.74, 6) is -1.70. The van der Waals surface area contributed by atoms with Crippen LogP contribution in [0.4, 0.5) is 8.78 Å². The molecule has 29 heavy (non-hydrogen) atoms. The normalized spacial score (nSPS) is 13.8. The van der Waals surface area contributed by atoms with Crippen molar-refractivity contribution < 1.29 is 18.7 Å². The Morgan fingerprint density at radius 3 is 2.34 bits per heavy atom. The second-order valence-corrected chi connectivity index (χ2v) is 7.92. The van der Waals surface area contributed by atoms with Crippen molar-refractivity contribution in [2.75, 3.05) is 6.54 Å². The van der Waals surface area contributed by atoms with E-state index in [0.717, 1.165) is 18.1 Å². The molecular weight excluding hydrogens is 374 g/mol. The van der Waals surface area contributed by atoms with Crippen molar-refractivity contribution in [3.63, 3.8) is 0 Å².